The van der Waals surface area contributed by atoms with Crippen LogP contribution in [0.15, 0.2) is 12.7 Å². The SMILES string of the molecule is C=CC(=O)C(C)C(=O)S.N. The topological polar surface area (TPSA) is 69.1 Å². The van der Waals surface area contributed by atoms with Crippen molar-refractivity contribution in [2.75, 3.05) is 0 Å². The van der Waals surface area contributed by atoms with E-state index in [1.807, 2.05) is 0 Å². The van der Waals surface area contributed by atoms with Crippen LogP contribution in [0.1, 0.15) is 6.92 Å². The molecule has 4 heteroatoms. The average Bonchev–Trinajstić information content (AvgIpc) is 1.84. The first kappa shape index (κ1) is 12.1. The van der Waals surface area contributed by atoms with Crippen molar-refractivity contribution >= 4 is 23.5 Å². The normalized spacial score (nSPS) is 11.0. The van der Waals surface area contributed by atoms with Crippen molar-refractivity contribution in [1.29, 1.82) is 0 Å². The van der Waals surface area contributed by atoms with Crippen molar-refractivity contribution in [3.63, 3.8) is 0 Å². The van der Waals surface area contributed by atoms with Crippen LogP contribution in [0.4, 0.5) is 0 Å². The van der Waals surface area contributed by atoms with Crippen LogP contribution < -0.4 is 6.15 Å². The average molecular weight is 161 g/mol. The second-order valence-corrected chi connectivity index (χ2v) is 2.11. The van der Waals surface area contributed by atoms with Crippen LogP contribution in [0, 0.1) is 5.92 Å². The Labute approximate surface area is 65.5 Å². The van der Waals surface area contributed by atoms with Gasteiger partial charge in [0, 0.05) is 0 Å². The molecule has 3 nitrogen and oxygen atoms in total. The monoisotopic (exact) mass is 161 g/mol. The molecule has 0 fully saturated rings. The molecule has 0 bridgehead atoms. The maximum atomic E-state index is 10.6. The highest BCUT2D eigenvalue weighted by Crippen LogP contribution is 2.01. The number of rotatable bonds is 3. The smallest absolute Gasteiger partial charge is 0.196 e. The summed E-state index contributed by atoms with van der Waals surface area (Å²) in [7, 11) is 0. The molecule has 0 spiro atoms. The number of hydrogen-bond acceptors (Lipinski definition) is 3. The fourth-order valence-corrected chi connectivity index (χ4v) is 0.426. The molecule has 0 rings (SSSR count). The fraction of sp³-hybridized carbons (Fsp3) is 0.333. The molecular formula is C6H11NO2S. The first-order valence-electron chi connectivity index (χ1n) is 2.48. The highest BCUT2D eigenvalue weighted by atomic mass is 32.1. The first-order valence-corrected chi connectivity index (χ1v) is 2.93. The van der Waals surface area contributed by atoms with Gasteiger partial charge < -0.3 is 6.15 Å². The quantitative estimate of drug-likeness (QED) is 0.368. The minimum Gasteiger partial charge on any atom is -0.344 e. The molecule has 0 saturated heterocycles. The van der Waals surface area contributed by atoms with E-state index in [2.05, 4.69) is 19.2 Å². The van der Waals surface area contributed by atoms with Crippen LogP contribution in [-0.4, -0.2) is 10.9 Å². The summed E-state index contributed by atoms with van der Waals surface area (Å²) in [4.78, 5) is 20.9. The number of thiol groups is 1. The predicted octanol–water partition coefficient (Wildman–Crippen LogP) is 0.996. The molecule has 0 aliphatic carbocycles. The molecule has 0 aromatic rings. The van der Waals surface area contributed by atoms with Crippen LogP contribution in [0.25, 0.3) is 0 Å². The van der Waals surface area contributed by atoms with Crippen molar-refractivity contribution in [2.45, 2.75) is 6.92 Å². The molecule has 0 aliphatic rings. The van der Waals surface area contributed by atoms with E-state index in [1.165, 1.54) is 6.92 Å². The van der Waals surface area contributed by atoms with Gasteiger partial charge in [-0.1, -0.05) is 6.58 Å². The Kier molecular flexibility index (Phi) is 6.29. The van der Waals surface area contributed by atoms with Crippen LogP contribution >= 0.6 is 12.6 Å². The Balaban J connectivity index is 0. The lowest BCUT2D eigenvalue weighted by Gasteiger charge is -1.97. The molecule has 1 atom stereocenters. The van der Waals surface area contributed by atoms with Crippen molar-refractivity contribution in [2.24, 2.45) is 5.92 Å². The van der Waals surface area contributed by atoms with Crippen LogP contribution in [-0.2, 0) is 9.59 Å². The van der Waals surface area contributed by atoms with E-state index in [4.69, 9.17) is 0 Å². The summed E-state index contributed by atoms with van der Waals surface area (Å²) in [5, 5.41) is -0.417. The lowest BCUT2D eigenvalue weighted by Crippen LogP contribution is -2.13. The zero-order valence-corrected chi connectivity index (χ0v) is 6.73. The third-order valence-electron chi connectivity index (χ3n) is 0.998. The van der Waals surface area contributed by atoms with Crippen molar-refractivity contribution < 1.29 is 9.59 Å². The van der Waals surface area contributed by atoms with Gasteiger partial charge in [-0.15, -0.1) is 12.6 Å². The molecule has 0 aromatic heterocycles. The maximum absolute atomic E-state index is 10.6. The van der Waals surface area contributed by atoms with Crippen molar-refractivity contribution in [3.05, 3.63) is 12.7 Å². The van der Waals surface area contributed by atoms with E-state index in [0.717, 1.165) is 6.08 Å². The number of ketones is 1. The molecule has 3 N–H and O–H groups in total. The summed E-state index contributed by atoms with van der Waals surface area (Å²) in [6, 6.07) is 0. The highest BCUT2D eigenvalue weighted by Gasteiger charge is 2.14. The Hall–Kier alpha value is -0.610. The number of carbonyl (C=O) groups is 2. The molecule has 0 radical (unpaired) electrons. The number of hydrogen-bond donors (Lipinski definition) is 2. The van der Waals surface area contributed by atoms with Gasteiger partial charge in [-0.25, -0.2) is 0 Å². The minimum absolute atomic E-state index is 0. The predicted molar refractivity (Wildman–Crippen MR) is 43.4 cm³/mol. The molecule has 0 aliphatic heterocycles. The summed E-state index contributed by atoms with van der Waals surface area (Å²) in [5.41, 5.74) is 0. The summed E-state index contributed by atoms with van der Waals surface area (Å²) in [6.45, 7) is 4.73. The standard InChI is InChI=1S/C6H8O2S.H3N/c1-3-5(7)4(2)6(8)9;/h3-4H,1H2,2H3,(H,8,9);1H3. The third kappa shape index (κ3) is 3.42. The van der Waals surface area contributed by atoms with Gasteiger partial charge in [0.05, 0.1) is 5.92 Å². The van der Waals surface area contributed by atoms with Gasteiger partial charge in [0.15, 0.2) is 10.9 Å². The number of carbonyl (C=O) groups excluding carboxylic acids is 2. The highest BCUT2D eigenvalue weighted by molar-refractivity contribution is 7.96. The Morgan fingerprint density at radius 3 is 2.10 bits per heavy atom. The largest absolute Gasteiger partial charge is 0.344 e. The van der Waals surface area contributed by atoms with Gasteiger partial charge in [0.1, 0.15) is 0 Å². The second-order valence-electron chi connectivity index (χ2n) is 1.67. The zero-order valence-electron chi connectivity index (χ0n) is 5.83. The first-order chi connectivity index (χ1) is 4.09. The van der Waals surface area contributed by atoms with Crippen LogP contribution in [0.2, 0.25) is 0 Å². The molecule has 10 heavy (non-hydrogen) atoms. The Morgan fingerprint density at radius 2 is 2.00 bits per heavy atom. The minimum atomic E-state index is -0.647. The molecule has 58 valence electrons. The van der Waals surface area contributed by atoms with E-state index in [1.54, 1.807) is 0 Å². The molecule has 0 aromatic carbocycles. The summed E-state index contributed by atoms with van der Waals surface area (Å²) in [6.07, 6.45) is 1.12. The van der Waals surface area contributed by atoms with Crippen molar-refractivity contribution in [1.82, 2.24) is 6.15 Å². The lowest BCUT2D eigenvalue weighted by molar-refractivity contribution is -0.124. The maximum Gasteiger partial charge on any atom is 0.196 e. The van der Waals surface area contributed by atoms with E-state index < -0.39 is 11.0 Å². The van der Waals surface area contributed by atoms with Gasteiger partial charge >= 0.3 is 0 Å². The molecule has 0 saturated carbocycles. The number of allylic oxidation sites excluding steroid dienone is 1. The second kappa shape index (κ2) is 5.20. The van der Waals surface area contributed by atoms with E-state index >= 15 is 0 Å². The van der Waals surface area contributed by atoms with E-state index in [0.29, 0.717) is 0 Å². The van der Waals surface area contributed by atoms with Crippen LogP contribution in [0.3, 0.4) is 0 Å². The van der Waals surface area contributed by atoms with E-state index in [-0.39, 0.29) is 11.9 Å². The van der Waals surface area contributed by atoms with E-state index in [9.17, 15) is 9.59 Å². The van der Waals surface area contributed by atoms with Gasteiger partial charge in [-0.3, -0.25) is 9.59 Å². The fourth-order valence-electron chi connectivity index (χ4n) is 0.298. The van der Waals surface area contributed by atoms with Gasteiger partial charge in [-0.2, -0.15) is 0 Å². The van der Waals surface area contributed by atoms with Crippen LogP contribution in [0.5, 0.6) is 0 Å². The molecular weight excluding hydrogens is 150 g/mol. The summed E-state index contributed by atoms with van der Waals surface area (Å²) >= 11 is 3.48. The molecule has 1 unspecified atom stereocenters. The van der Waals surface area contributed by atoms with Gasteiger partial charge in [0.25, 0.3) is 0 Å². The molecule has 0 amide bonds. The third-order valence-corrected chi connectivity index (χ3v) is 1.39. The molecule has 0 heterocycles. The lowest BCUT2D eigenvalue weighted by atomic mass is 10.1. The van der Waals surface area contributed by atoms with Gasteiger partial charge in [-0.05, 0) is 13.0 Å². The van der Waals surface area contributed by atoms with Crippen molar-refractivity contribution in [3.8, 4) is 0 Å². The van der Waals surface area contributed by atoms with Gasteiger partial charge in [0.2, 0.25) is 0 Å². The Morgan fingerprint density at radius 1 is 1.60 bits per heavy atom. The Bertz CT molecular complexity index is 156. The summed E-state index contributed by atoms with van der Waals surface area (Å²) < 4.78 is 0. The summed E-state index contributed by atoms with van der Waals surface area (Å²) in [5.74, 6) is -0.930. The zero-order chi connectivity index (χ0) is 7.44.